The molecule has 0 rings (SSSR count). The normalized spacial score (nSPS) is 13.9. The lowest BCUT2D eigenvalue weighted by Gasteiger charge is -2.06. The third-order valence-electron chi connectivity index (χ3n) is 1.28. The van der Waals surface area contributed by atoms with Crippen LogP contribution < -0.4 is 0 Å². The molecule has 1 unspecified atom stereocenters. The van der Waals surface area contributed by atoms with Crippen LogP contribution in [0, 0.1) is 0 Å². The summed E-state index contributed by atoms with van der Waals surface area (Å²) in [7, 11) is -4.38. The summed E-state index contributed by atoms with van der Waals surface area (Å²) >= 11 is -2.51. The van der Waals surface area contributed by atoms with E-state index in [0.29, 0.717) is 19.4 Å². The molecule has 0 saturated heterocycles. The number of ether oxygens (including phenoxy) is 1. The topological polar surface area (TPSA) is 122 Å². The van der Waals surface area contributed by atoms with Crippen molar-refractivity contribution in [3.05, 3.63) is 0 Å². The van der Waals surface area contributed by atoms with Gasteiger partial charge in [0.15, 0.2) is 0 Å². The molecule has 0 bridgehead atoms. The molecule has 0 aliphatic rings. The van der Waals surface area contributed by atoms with E-state index in [1.165, 1.54) is 0 Å². The third-order valence-corrected chi connectivity index (χ3v) is 2.10. The average molecular weight is 277 g/mol. The Labute approximate surface area is 96.3 Å². The summed E-state index contributed by atoms with van der Waals surface area (Å²) in [4.78, 5) is 0. The van der Waals surface area contributed by atoms with Crippen LogP contribution in [-0.4, -0.2) is 48.2 Å². The summed E-state index contributed by atoms with van der Waals surface area (Å²) in [6, 6.07) is 0. The van der Waals surface area contributed by atoms with Gasteiger partial charge in [-0.2, -0.15) is 8.42 Å². The number of hydrogen-bond donors (Lipinski definition) is 1. The first-order valence-corrected chi connectivity index (χ1v) is 6.70. The average Bonchev–Trinajstić information content (AvgIpc) is 2.13. The molecule has 0 heterocycles. The van der Waals surface area contributed by atoms with E-state index in [1.54, 1.807) is 0 Å². The van der Waals surface area contributed by atoms with E-state index in [9.17, 15) is 17.2 Å². The van der Waals surface area contributed by atoms with Crippen molar-refractivity contribution in [1.29, 1.82) is 0 Å². The molecule has 1 N–H and O–H groups in total. The van der Waals surface area contributed by atoms with Gasteiger partial charge in [-0.05, 0) is 12.8 Å². The van der Waals surface area contributed by atoms with Crippen molar-refractivity contribution in [2.45, 2.75) is 12.8 Å². The highest BCUT2D eigenvalue weighted by molar-refractivity contribution is 7.80. The Kier molecular flexibility index (Phi) is 8.93. The molecule has 0 radical (unpaired) electrons. The maximum Gasteiger partial charge on any atom is 0.397 e. The molecule has 8 nitrogen and oxygen atoms in total. The highest BCUT2D eigenvalue weighted by Crippen LogP contribution is 1.92. The largest absolute Gasteiger partial charge is 0.750 e. The van der Waals surface area contributed by atoms with E-state index in [-0.39, 0.29) is 19.8 Å². The van der Waals surface area contributed by atoms with Crippen LogP contribution in [0.2, 0.25) is 0 Å². The first-order valence-electron chi connectivity index (χ1n) is 4.34. The maximum absolute atomic E-state index is 10.1. The lowest BCUT2D eigenvalue weighted by molar-refractivity contribution is 0.107. The van der Waals surface area contributed by atoms with Crippen molar-refractivity contribution in [3.63, 3.8) is 0 Å². The lowest BCUT2D eigenvalue weighted by atomic mass is 10.5. The summed E-state index contributed by atoms with van der Waals surface area (Å²) in [6.07, 6.45) is 0.710. The standard InChI is InChI=1S/C6H14O8S2/c7-15(8)13-5-1-3-12-4-2-6-14-16(9,10)11/h1-6H2,(H,7,8)(H,9,10,11)/p-1. The Bertz CT molecular complexity index is 287. The van der Waals surface area contributed by atoms with E-state index in [4.69, 9.17) is 9.29 Å². The molecular weight excluding hydrogens is 264 g/mol. The van der Waals surface area contributed by atoms with E-state index >= 15 is 0 Å². The molecule has 0 aromatic rings. The minimum atomic E-state index is -4.38. The molecule has 0 fully saturated rings. The fraction of sp³-hybridized carbons (Fsp3) is 1.00. The smallest absolute Gasteiger partial charge is 0.397 e. The van der Waals surface area contributed by atoms with Gasteiger partial charge in [0.1, 0.15) is 0 Å². The summed E-state index contributed by atoms with van der Waals surface area (Å²) in [5.74, 6) is 0. The Hall–Kier alpha value is -0.100. The summed E-state index contributed by atoms with van der Waals surface area (Å²) < 4.78 is 61.4. The number of hydrogen-bond acceptors (Lipinski definition) is 7. The zero-order valence-corrected chi connectivity index (χ0v) is 10.00. The van der Waals surface area contributed by atoms with Crippen molar-refractivity contribution in [2.24, 2.45) is 0 Å². The monoisotopic (exact) mass is 277 g/mol. The summed E-state index contributed by atoms with van der Waals surface area (Å²) in [5, 5.41) is 0. The molecule has 10 heteroatoms. The molecular formula is C6H13O8S2-. The minimum absolute atomic E-state index is 0.0393. The SMILES string of the molecule is O=S([O-])OCCCOCCCOS(=O)(=O)O. The van der Waals surface area contributed by atoms with Crippen molar-refractivity contribution in [1.82, 2.24) is 0 Å². The molecule has 0 aromatic carbocycles. The molecule has 16 heavy (non-hydrogen) atoms. The molecule has 1 atom stereocenters. The van der Waals surface area contributed by atoms with Gasteiger partial charge in [0.25, 0.3) is 0 Å². The van der Waals surface area contributed by atoms with E-state index in [2.05, 4.69) is 8.37 Å². The van der Waals surface area contributed by atoms with E-state index in [0.717, 1.165) is 0 Å². The van der Waals surface area contributed by atoms with Gasteiger partial charge in [0, 0.05) is 13.2 Å². The van der Waals surface area contributed by atoms with Crippen LogP contribution in [0.5, 0.6) is 0 Å². The van der Waals surface area contributed by atoms with Crippen molar-refractivity contribution < 1.29 is 34.8 Å². The van der Waals surface area contributed by atoms with Gasteiger partial charge in [0.05, 0.1) is 24.6 Å². The van der Waals surface area contributed by atoms with Crippen LogP contribution in [0.1, 0.15) is 12.8 Å². The molecule has 0 spiro atoms. The Morgan fingerprint density at radius 1 is 1.12 bits per heavy atom. The number of rotatable bonds is 10. The summed E-state index contributed by atoms with van der Waals surface area (Å²) in [6.45, 7) is 0.413. The molecule has 0 aliphatic carbocycles. The lowest BCUT2D eigenvalue weighted by Crippen LogP contribution is -2.08. The van der Waals surface area contributed by atoms with E-state index < -0.39 is 21.8 Å². The zero-order valence-electron chi connectivity index (χ0n) is 8.36. The molecule has 0 aromatic heterocycles. The van der Waals surface area contributed by atoms with Gasteiger partial charge < -0.3 is 13.5 Å². The fourth-order valence-corrected chi connectivity index (χ4v) is 1.30. The second-order valence-electron chi connectivity index (χ2n) is 2.60. The minimum Gasteiger partial charge on any atom is -0.750 e. The molecule has 98 valence electrons. The predicted octanol–water partition coefficient (Wildman–Crippen LogP) is -0.587. The van der Waals surface area contributed by atoms with Crippen molar-refractivity contribution in [3.8, 4) is 0 Å². The second kappa shape index (κ2) is 8.98. The van der Waals surface area contributed by atoms with Gasteiger partial charge in [0.2, 0.25) is 0 Å². The van der Waals surface area contributed by atoms with Gasteiger partial charge in [-0.1, -0.05) is 0 Å². The first kappa shape index (κ1) is 15.9. The molecule has 0 saturated carbocycles. The van der Waals surface area contributed by atoms with Gasteiger partial charge in [-0.3, -0.25) is 4.55 Å². The van der Waals surface area contributed by atoms with Gasteiger partial charge >= 0.3 is 10.4 Å². The maximum atomic E-state index is 10.1. The van der Waals surface area contributed by atoms with E-state index in [1.807, 2.05) is 0 Å². The van der Waals surface area contributed by atoms with Crippen LogP contribution in [0.3, 0.4) is 0 Å². The van der Waals surface area contributed by atoms with Gasteiger partial charge in [-0.25, -0.2) is 8.39 Å². The third kappa shape index (κ3) is 13.9. The second-order valence-corrected chi connectivity index (χ2v) is 4.33. The Balaban J connectivity index is 3.13. The highest BCUT2D eigenvalue weighted by atomic mass is 32.3. The van der Waals surface area contributed by atoms with Crippen molar-refractivity contribution >= 4 is 21.8 Å². The fourth-order valence-electron chi connectivity index (χ4n) is 0.715. The molecule has 0 aliphatic heterocycles. The Morgan fingerprint density at radius 2 is 1.69 bits per heavy atom. The summed E-state index contributed by atoms with van der Waals surface area (Å²) in [5.41, 5.74) is 0. The Morgan fingerprint density at radius 3 is 2.19 bits per heavy atom. The first-order chi connectivity index (χ1) is 7.42. The predicted molar refractivity (Wildman–Crippen MR) is 52.4 cm³/mol. The zero-order chi connectivity index (χ0) is 12.4. The van der Waals surface area contributed by atoms with Crippen LogP contribution in [-0.2, 0) is 34.9 Å². The van der Waals surface area contributed by atoms with Crippen molar-refractivity contribution in [2.75, 3.05) is 26.4 Å². The van der Waals surface area contributed by atoms with Gasteiger partial charge in [-0.15, -0.1) is 0 Å². The molecule has 0 amide bonds. The quantitative estimate of drug-likeness (QED) is 0.319. The van der Waals surface area contributed by atoms with Crippen LogP contribution in [0.4, 0.5) is 0 Å². The van der Waals surface area contributed by atoms with Crippen LogP contribution >= 0.6 is 0 Å². The highest BCUT2D eigenvalue weighted by Gasteiger charge is 2.02. The van der Waals surface area contributed by atoms with Crippen LogP contribution in [0.25, 0.3) is 0 Å². The van der Waals surface area contributed by atoms with Crippen LogP contribution in [0.15, 0.2) is 0 Å².